The summed E-state index contributed by atoms with van der Waals surface area (Å²) in [6, 6.07) is 0. The van der Waals surface area contributed by atoms with E-state index in [9.17, 15) is 9.59 Å². The molecule has 0 radical (unpaired) electrons. The minimum Gasteiger partial charge on any atom is -0.320 e. The maximum absolute atomic E-state index is 11.4. The molecule has 0 saturated heterocycles. The Morgan fingerprint density at radius 3 is 2.73 bits per heavy atom. The summed E-state index contributed by atoms with van der Waals surface area (Å²) in [5.74, 6) is -0.308. The van der Waals surface area contributed by atoms with Gasteiger partial charge in [-0.2, -0.15) is 5.10 Å². The van der Waals surface area contributed by atoms with Crippen molar-refractivity contribution < 1.29 is 4.79 Å². The monoisotopic (exact) mass is 203 g/mol. The highest BCUT2D eigenvalue weighted by Gasteiger charge is 2.28. The number of carbonyl (C=O) groups excluding carboxylic acids is 1. The zero-order chi connectivity index (χ0) is 11.0. The van der Waals surface area contributed by atoms with Gasteiger partial charge in [-0.3, -0.25) is 9.59 Å². The van der Waals surface area contributed by atoms with Crippen LogP contribution in [0.5, 0.6) is 0 Å². The normalized spacial score (nSPS) is 16.3. The number of aromatic amines is 1. The van der Waals surface area contributed by atoms with Crippen LogP contribution in [0, 0.1) is 0 Å². The second kappa shape index (κ2) is 3.20. The lowest BCUT2D eigenvalue weighted by Gasteiger charge is -2.00. The third kappa shape index (κ3) is 1.20. The molecule has 15 heavy (non-hydrogen) atoms. The van der Waals surface area contributed by atoms with Crippen LogP contribution >= 0.6 is 0 Å². The van der Waals surface area contributed by atoms with Crippen molar-refractivity contribution in [3.05, 3.63) is 39.8 Å². The summed E-state index contributed by atoms with van der Waals surface area (Å²) in [6.45, 7) is 5.33. The van der Waals surface area contributed by atoms with Crippen LogP contribution in [0.2, 0.25) is 0 Å². The first-order valence-electron chi connectivity index (χ1n) is 4.42. The topological polar surface area (TPSA) is 74.8 Å². The van der Waals surface area contributed by atoms with Gasteiger partial charge in [0.15, 0.2) is 5.69 Å². The SMILES string of the molecule is C=Cc1c2c(n[nH]c1=O)C(=O)N/C2=C/C. The molecular weight excluding hydrogens is 194 g/mol. The smallest absolute Gasteiger partial charge is 0.276 e. The first-order valence-corrected chi connectivity index (χ1v) is 4.42. The summed E-state index contributed by atoms with van der Waals surface area (Å²) >= 11 is 0. The number of hydrogen-bond acceptors (Lipinski definition) is 3. The Bertz CT molecular complexity index is 540. The molecule has 2 rings (SSSR count). The van der Waals surface area contributed by atoms with Crippen LogP contribution in [0.25, 0.3) is 11.8 Å². The third-order valence-corrected chi connectivity index (χ3v) is 2.25. The van der Waals surface area contributed by atoms with Gasteiger partial charge < -0.3 is 5.32 Å². The molecule has 0 aromatic carbocycles. The molecule has 76 valence electrons. The number of carbonyl (C=O) groups is 1. The molecule has 1 amide bonds. The van der Waals surface area contributed by atoms with E-state index in [1.165, 1.54) is 6.08 Å². The van der Waals surface area contributed by atoms with Crippen LogP contribution < -0.4 is 10.9 Å². The molecule has 0 saturated carbocycles. The molecule has 2 N–H and O–H groups in total. The number of rotatable bonds is 1. The summed E-state index contributed by atoms with van der Waals surface area (Å²) in [4.78, 5) is 22.9. The average molecular weight is 203 g/mol. The first-order chi connectivity index (χ1) is 7.19. The Hall–Kier alpha value is -2.17. The number of hydrogen-bond donors (Lipinski definition) is 2. The van der Waals surface area contributed by atoms with Crippen molar-refractivity contribution in [1.82, 2.24) is 15.5 Å². The van der Waals surface area contributed by atoms with E-state index >= 15 is 0 Å². The standard InChI is InChI=1S/C10H9N3O2/c1-3-5-7-6(4-2)11-10(15)8(7)12-13-9(5)14/h3-4H,1H2,2H3,(H,11,15)(H,13,14)/b6-4+. The van der Waals surface area contributed by atoms with Crippen LogP contribution in [-0.4, -0.2) is 16.1 Å². The van der Waals surface area contributed by atoms with Crippen molar-refractivity contribution >= 4 is 17.7 Å². The van der Waals surface area contributed by atoms with Crippen molar-refractivity contribution in [2.24, 2.45) is 0 Å². The molecule has 5 heteroatoms. The summed E-state index contributed by atoms with van der Waals surface area (Å²) < 4.78 is 0. The lowest BCUT2D eigenvalue weighted by Crippen LogP contribution is -2.16. The fourth-order valence-corrected chi connectivity index (χ4v) is 1.56. The highest BCUT2D eigenvalue weighted by atomic mass is 16.2. The van der Waals surface area contributed by atoms with Crippen LogP contribution in [0.15, 0.2) is 17.4 Å². The molecule has 1 aromatic rings. The number of aromatic nitrogens is 2. The quantitative estimate of drug-likeness (QED) is 0.698. The van der Waals surface area contributed by atoms with E-state index in [1.54, 1.807) is 13.0 Å². The molecule has 0 atom stereocenters. The van der Waals surface area contributed by atoms with E-state index in [-0.39, 0.29) is 17.2 Å². The number of allylic oxidation sites excluding steroid dienone is 1. The van der Waals surface area contributed by atoms with E-state index in [0.717, 1.165) is 0 Å². The number of H-pyrrole nitrogens is 1. The van der Waals surface area contributed by atoms with E-state index in [0.29, 0.717) is 16.8 Å². The first kappa shape index (κ1) is 9.39. The van der Waals surface area contributed by atoms with Gasteiger partial charge in [-0.1, -0.05) is 18.7 Å². The number of amides is 1. The molecule has 1 aliphatic heterocycles. The van der Waals surface area contributed by atoms with Crippen LogP contribution in [0.3, 0.4) is 0 Å². The second-order valence-corrected chi connectivity index (χ2v) is 3.05. The van der Waals surface area contributed by atoms with Gasteiger partial charge in [-0.05, 0) is 6.92 Å². The molecule has 0 spiro atoms. The Balaban J connectivity index is 2.86. The van der Waals surface area contributed by atoms with Crippen LogP contribution in [-0.2, 0) is 0 Å². The van der Waals surface area contributed by atoms with E-state index in [1.807, 2.05) is 0 Å². The Kier molecular flexibility index (Phi) is 2.00. The van der Waals surface area contributed by atoms with Crippen molar-refractivity contribution in [1.29, 1.82) is 0 Å². The molecule has 0 unspecified atom stereocenters. The second-order valence-electron chi connectivity index (χ2n) is 3.05. The predicted octanol–water partition coefficient (Wildman–Crippen LogP) is 0.517. The summed E-state index contributed by atoms with van der Waals surface area (Å²) in [6.07, 6.45) is 3.14. The van der Waals surface area contributed by atoms with Crippen molar-refractivity contribution in [3.63, 3.8) is 0 Å². The summed E-state index contributed by atoms with van der Waals surface area (Å²) in [5, 5.41) is 8.59. The molecule has 0 aliphatic carbocycles. The maximum Gasteiger partial charge on any atom is 0.276 e. The third-order valence-electron chi connectivity index (χ3n) is 2.25. The Morgan fingerprint density at radius 1 is 1.40 bits per heavy atom. The molecule has 0 fully saturated rings. The number of nitrogens with zero attached hydrogens (tertiary/aromatic N) is 1. The molecule has 1 aliphatic rings. The molecule has 1 aromatic heterocycles. The summed E-state index contributed by atoms with van der Waals surface area (Å²) in [5.41, 5.74) is 1.38. The van der Waals surface area contributed by atoms with E-state index < -0.39 is 0 Å². The van der Waals surface area contributed by atoms with E-state index in [2.05, 4.69) is 22.1 Å². The van der Waals surface area contributed by atoms with Gasteiger partial charge in [0.05, 0.1) is 5.56 Å². The van der Waals surface area contributed by atoms with Gasteiger partial charge in [-0.25, -0.2) is 5.10 Å². The zero-order valence-corrected chi connectivity index (χ0v) is 8.13. The van der Waals surface area contributed by atoms with Gasteiger partial charge in [0.2, 0.25) is 0 Å². The molecule has 2 heterocycles. The minimum absolute atomic E-state index is 0.234. The Labute approximate surface area is 85.5 Å². The lowest BCUT2D eigenvalue weighted by molar-refractivity contribution is 0.0975. The predicted molar refractivity (Wildman–Crippen MR) is 56.1 cm³/mol. The maximum atomic E-state index is 11.4. The highest BCUT2D eigenvalue weighted by Crippen LogP contribution is 2.24. The van der Waals surface area contributed by atoms with Gasteiger partial charge in [-0.15, -0.1) is 0 Å². The van der Waals surface area contributed by atoms with Crippen molar-refractivity contribution in [2.75, 3.05) is 0 Å². The molecule has 5 nitrogen and oxygen atoms in total. The fourth-order valence-electron chi connectivity index (χ4n) is 1.56. The van der Waals surface area contributed by atoms with Gasteiger partial charge in [0.25, 0.3) is 11.5 Å². The van der Waals surface area contributed by atoms with Crippen molar-refractivity contribution in [2.45, 2.75) is 6.92 Å². The largest absolute Gasteiger partial charge is 0.320 e. The molecule has 0 bridgehead atoms. The minimum atomic E-state index is -0.348. The molecular formula is C10H9N3O2. The fraction of sp³-hybridized carbons (Fsp3) is 0.100. The van der Waals surface area contributed by atoms with Gasteiger partial charge >= 0.3 is 0 Å². The number of nitrogens with one attached hydrogen (secondary N) is 2. The van der Waals surface area contributed by atoms with Gasteiger partial charge in [0, 0.05) is 11.3 Å². The average Bonchev–Trinajstić information content (AvgIpc) is 2.55. The Morgan fingerprint density at radius 2 is 2.13 bits per heavy atom. The van der Waals surface area contributed by atoms with Gasteiger partial charge in [0.1, 0.15) is 0 Å². The van der Waals surface area contributed by atoms with E-state index in [4.69, 9.17) is 0 Å². The zero-order valence-electron chi connectivity index (χ0n) is 8.13. The number of fused-ring (bicyclic) bond motifs is 1. The lowest BCUT2D eigenvalue weighted by atomic mass is 10.1. The summed E-state index contributed by atoms with van der Waals surface area (Å²) in [7, 11) is 0. The highest BCUT2D eigenvalue weighted by molar-refractivity contribution is 6.08. The van der Waals surface area contributed by atoms with Crippen molar-refractivity contribution in [3.8, 4) is 0 Å². The van der Waals surface area contributed by atoms with Crippen LogP contribution in [0.4, 0.5) is 0 Å². The van der Waals surface area contributed by atoms with Crippen LogP contribution in [0.1, 0.15) is 28.5 Å².